The third-order valence-corrected chi connectivity index (χ3v) is 2.70. The van der Waals surface area contributed by atoms with Gasteiger partial charge in [0.05, 0.1) is 11.1 Å². The van der Waals surface area contributed by atoms with Gasteiger partial charge in [-0.25, -0.2) is 10.2 Å². The Morgan fingerprint density at radius 3 is 2.23 bits per heavy atom. The number of nitrogens with one attached hydrogen (secondary N) is 2. The van der Waals surface area contributed by atoms with Crippen molar-refractivity contribution >= 4 is 27.9 Å². The summed E-state index contributed by atoms with van der Waals surface area (Å²) in [5, 5.41) is 0. The van der Waals surface area contributed by atoms with Crippen LogP contribution in [0.25, 0.3) is 0 Å². The zero-order chi connectivity index (χ0) is 17.1. The summed E-state index contributed by atoms with van der Waals surface area (Å²) in [5.41, 5.74) is 1.22. The maximum absolute atomic E-state index is 12.9. The molecule has 0 bridgehead atoms. The van der Waals surface area contributed by atoms with Gasteiger partial charge in [-0.3, -0.25) is 10.2 Å². The van der Waals surface area contributed by atoms with E-state index in [1.807, 2.05) is 10.9 Å². The van der Waals surface area contributed by atoms with E-state index < -0.39 is 34.9 Å². The normalized spacial score (nSPS) is 11.8. The lowest BCUT2D eigenvalue weighted by Crippen LogP contribution is -2.44. The molecule has 0 aliphatic carbocycles. The third-order valence-electron chi connectivity index (χ3n) is 2.21. The maximum Gasteiger partial charge on any atom is 0.426 e. The van der Waals surface area contributed by atoms with E-state index in [1.165, 1.54) is 6.07 Å². The Morgan fingerprint density at radius 1 is 1.14 bits per heavy atom. The molecule has 5 nitrogen and oxygen atoms in total. The Bertz CT molecular complexity index is 583. The molecule has 0 aromatic heterocycles. The minimum atomic E-state index is -4.71. The van der Waals surface area contributed by atoms with Crippen LogP contribution in [0.2, 0.25) is 0 Å². The number of ether oxygens (including phenoxy) is 1. The van der Waals surface area contributed by atoms with E-state index in [2.05, 4.69) is 15.9 Å². The first-order chi connectivity index (χ1) is 9.90. The predicted molar refractivity (Wildman–Crippen MR) is 76.0 cm³/mol. The van der Waals surface area contributed by atoms with Crippen molar-refractivity contribution in [3.8, 4) is 0 Å². The largest absolute Gasteiger partial charge is 0.443 e. The van der Waals surface area contributed by atoms with Crippen molar-refractivity contribution in [1.82, 2.24) is 10.9 Å². The first-order valence-corrected chi connectivity index (χ1v) is 6.85. The molecule has 0 saturated heterocycles. The highest BCUT2D eigenvalue weighted by atomic mass is 79.9. The number of benzene rings is 1. The fourth-order valence-corrected chi connectivity index (χ4v) is 1.79. The molecule has 0 aliphatic rings. The number of hydrogen-bond donors (Lipinski definition) is 2. The van der Waals surface area contributed by atoms with E-state index >= 15 is 0 Å². The van der Waals surface area contributed by atoms with Crippen molar-refractivity contribution < 1.29 is 27.5 Å². The molecule has 0 unspecified atom stereocenters. The fraction of sp³-hybridized carbons (Fsp3) is 0.385. The SMILES string of the molecule is CC(C)(C)OC(=O)NNC(=O)c1ccc(Br)cc1C(F)(F)F. The van der Waals surface area contributed by atoms with Crippen LogP contribution >= 0.6 is 15.9 Å². The first-order valence-electron chi connectivity index (χ1n) is 6.06. The lowest BCUT2D eigenvalue weighted by atomic mass is 10.1. The van der Waals surface area contributed by atoms with Crippen LogP contribution in [0, 0.1) is 0 Å². The smallest absolute Gasteiger partial charge is 0.426 e. The van der Waals surface area contributed by atoms with E-state index in [0.29, 0.717) is 0 Å². The van der Waals surface area contributed by atoms with E-state index in [0.717, 1.165) is 12.1 Å². The summed E-state index contributed by atoms with van der Waals surface area (Å²) in [6.07, 6.45) is -5.69. The Kier molecular flexibility index (Phi) is 5.44. The van der Waals surface area contributed by atoms with Gasteiger partial charge in [0.2, 0.25) is 0 Å². The Morgan fingerprint density at radius 2 is 1.73 bits per heavy atom. The Hall–Kier alpha value is -1.77. The molecule has 1 rings (SSSR count). The van der Waals surface area contributed by atoms with E-state index in [9.17, 15) is 22.8 Å². The lowest BCUT2D eigenvalue weighted by molar-refractivity contribution is -0.138. The second-order valence-corrected chi connectivity index (χ2v) is 6.18. The summed E-state index contributed by atoms with van der Waals surface area (Å²) in [6, 6.07) is 3.07. The fourth-order valence-electron chi connectivity index (χ4n) is 1.43. The predicted octanol–water partition coefficient (Wildman–Crippen LogP) is 3.64. The van der Waals surface area contributed by atoms with E-state index in [1.54, 1.807) is 20.8 Å². The van der Waals surface area contributed by atoms with Crippen molar-refractivity contribution in [2.45, 2.75) is 32.5 Å². The van der Waals surface area contributed by atoms with Gasteiger partial charge in [0.25, 0.3) is 5.91 Å². The number of carbonyl (C=O) groups is 2. The number of amides is 2. The van der Waals surface area contributed by atoms with Gasteiger partial charge in [-0.1, -0.05) is 15.9 Å². The second kappa shape index (κ2) is 6.55. The molecule has 0 aliphatic heterocycles. The van der Waals surface area contributed by atoms with Crippen molar-refractivity contribution in [1.29, 1.82) is 0 Å². The highest BCUT2D eigenvalue weighted by Crippen LogP contribution is 2.33. The van der Waals surface area contributed by atoms with Gasteiger partial charge in [-0.15, -0.1) is 0 Å². The van der Waals surface area contributed by atoms with Gasteiger partial charge in [0, 0.05) is 4.47 Å². The van der Waals surface area contributed by atoms with Crippen molar-refractivity contribution in [3.05, 3.63) is 33.8 Å². The number of carbonyl (C=O) groups excluding carboxylic acids is 2. The summed E-state index contributed by atoms with van der Waals surface area (Å²) in [7, 11) is 0. The zero-order valence-corrected chi connectivity index (χ0v) is 13.6. The summed E-state index contributed by atoms with van der Waals surface area (Å²) in [6.45, 7) is 4.81. The number of hydrogen-bond acceptors (Lipinski definition) is 3. The van der Waals surface area contributed by atoms with Gasteiger partial charge >= 0.3 is 12.3 Å². The quantitative estimate of drug-likeness (QED) is 0.728. The topological polar surface area (TPSA) is 67.4 Å². The molecule has 0 spiro atoms. The molecule has 0 heterocycles. The van der Waals surface area contributed by atoms with Gasteiger partial charge in [-0.2, -0.15) is 13.2 Å². The van der Waals surface area contributed by atoms with Gasteiger partial charge in [0.1, 0.15) is 5.60 Å². The number of rotatable bonds is 1. The number of halogens is 4. The summed E-state index contributed by atoms with van der Waals surface area (Å²) < 4.78 is 43.7. The highest BCUT2D eigenvalue weighted by Gasteiger charge is 2.35. The van der Waals surface area contributed by atoms with Crippen LogP contribution in [-0.4, -0.2) is 17.6 Å². The van der Waals surface area contributed by atoms with Crippen LogP contribution in [0.3, 0.4) is 0 Å². The minimum absolute atomic E-state index is 0.177. The van der Waals surface area contributed by atoms with Crippen LogP contribution in [0.15, 0.2) is 22.7 Å². The molecule has 0 saturated carbocycles. The molecule has 0 radical (unpaired) electrons. The monoisotopic (exact) mass is 382 g/mol. The molecular formula is C13H14BrF3N2O3. The molecule has 1 aromatic carbocycles. The summed E-state index contributed by atoms with van der Waals surface area (Å²) in [5.74, 6) is -1.11. The van der Waals surface area contributed by atoms with E-state index in [4.69, 9.17) is 4.74 Å². The highest BCUT2D eigenvalue weighted by molar-refractivity contribution is 9.10. The van der Waals surface area contributed by atoms with Gasteiger partial charge in [0.15, 0.2) is 0 Å². The standard InChI is InChI=1S/C13H14BrF3N2O3/c1-12(2,3)22-11(21)19-18-10(20)8-5-4-7(14)6-9(8)13(15,16)17/h4-6H,1-3H3,(H,18,20)(H,19,21). The average molecular weight is 383 g/mol. The molecule has 0 atom stereocenters. The third kappa shape index (κ3) is 5.55. The molecule has 0 fully saturated rings. The molecule has 2 N–H and O–H groups in total. The van der Waals surface area contributed by atoms with Crippen LogP contribution in [0.1, 0.15) is 36.7 Å². The lowest BCUT2D eigenvalue weighted by Gasteiger charge is -2.20. The minimum Gasteiger partial charge on any atom is -0.443 e. The van der Waals surface area contributed by atoms with Crippen molar-refractivity contribution in [2.75, 3.05) is 0 Å². The summed E-state index contributed by atoms with van der Waals surface area (Å²) in [4.78, 5) is 23.1. The van der Waals surface area contributed by atoms with Crippen LogP contribution < -0.4 is 10.9 Å². The average Bonchev–Trinajstić information content (AvgIpc) is 2.32. The Labute approximate surface area is 133 Å². The summed E-state index contributed by atoms with van der Waals surface area (Å²) >= 11 is 2.91. The molecular weight excluding hydrogens is 369 g/mol. The van der Waals surface area contributed by atoms with Crippen molar-refractivity contribution in [2.24, 2.45) is 0 Å². The van der Waals surface area contributed by atoms with Gasteiger partial charge < -0.3 is 4.74 Å². The Balaban J connectivity index is 2.85. The van der Waals surface area contributed by atoms with Crippen LogP contribution in [0.4, 0.5) is 18.0 Å². The molecule has 9 heteroatoms. The van der Waals surface area contributed by atoms with E-state index in [-0.39, 0.29) is 4.47 Å². The van der Waals surface area contributed by atoms with Crippen molar-refractivity contribution in [3.63, 3.8) is 0 Å². The van der Waals surface area contributed by atoms with Crippen LogP contribution in [0.5, 0.6) is 0 Å². The number of alkyl halides is 3. The molecule has 22 heavy (non-hydrogen) atoms. The first kappa shape index (κ1) is 18.3. The molecule has 1 aromatic rings. The molecule has 122 valence electrons. The second-order valence-electron chi connectivity index (χ2n) is 5.27. The van der Waals surface area contributed by atoms with Gasteiger partial charge in [-0.05, 0) is 39.0 Å². The molecule has 2 amide bonds. The maximum atomic E-state index is 12.9. The zero-order valence-electron chi connectivity index (χ0n) is 12.0. The van der Waals surface area contributed by atoms with Crippen LogP contribution in [-0.2, 0) is 10.9 Å². The number of hydrazine groups is 1.